The fourth-order valence-corrected chi connectivity index (χ4v) is 9.39. The second kappa shape index (κ2) is 14.3. The summed E-state index contributed by atoms with van der Waals surface area (Å²) in [6.07, 6.45) is 7.08. The number of esters is 2. The quantitative estimate of drug-likeness (QED) is 0.252. The topological polar surface area (TPSA) is 166 Å². The van der Waals surface area contributed by atoms with E-state index in [-0.39, 0.29) is 45.1 Å². The van der Waals surface area contributed by atoms with E-state index in [1.165, 1.54) is 0 Å². The lowest BCUT2D eigenvalue weighted by atomic mass is 9.62. The Kier molecular flexibility index (Phi) is 9.90. The summed E-state index contributed by atoms with van der Waals surface area (Å²) in [5, 5.41) is 14.5. The minimum absolute atomic E-state index is 0.0122. The smallest absolute Gasteiger partial charge is 0.327 e. The summed E-state index contributed by atoms with van der Waals surface area (Å²) in [7, 11) is 0. The zero-order valence-electron chi connectivity index (χ0n) is 30.6. The molecule has 2 bridgehead atoms. The number of benzene rings is 1. The van der Waals surface area contributed by atoms with Crippen molar-refractivity contribution in [3.8, 4) is 0 Å². The lowest BCUT2D eigenvalue weighted by molar-refractivity contribution is -0.204. The first-order valence-electron chi connectivity index (χ1n) is 19.2. The number of nitrogens with zero attached hydrogens (tertiary/aromatic N) is 2. The largest absolute Gasteiger partial charge is 0.460 e. The molecule has 53 heavy (non-hydrogen) atoms. The van der Waals surface area contributed by atoms with E-state index in [0.717, 1.165) is 30.4 Å². The van der Waals surface area contributed by atoms with Gasteiger partial charge in [0, 0.05) is 19.4 Å². The van der Waals surface area contributed by atoms with E-state index >= 15 is 4.79 Å². The van der Waals surface area contributed by atoms with Gasteiger partial charge >= 0.3 is 11.9 Å². The zero-order chi connectivity index (χ0) is 37.1. The highest BCUT2D eigenvalue weighted by molar-refractivity contribution is 5.96. The van der Waals surface area contributed by atoms with Crippen LogP contribution in [0.4, 0.5) is 0 Å². The van der Waals surface area contributed by atoms with Crippen LogP contribution in [0.1, 0.15) is 83.3 Å². The maximum atomic E-state index is 15.1. The molecule has 14 heteroatoms. The number of allylic oxidation sites excluding steroid dienone is 1. The fourth-order valence-electron chi connectivity index (χ4n) is 9.39. The van der Waals surface area contributed by atoms with Gasteiger partial charge in [0.15, 0.2) is 6.04 Å². The number of hydroxylamine groups is 2. The van der Waals surface area contributed by atoms with Crippen LogP contribution in [-0.2, 0) is 54.2 Å². The summed E-state index contributed by atoms with van der Waals surface area (Å²) < 4.78 is 28.9. The van der Waals surface area contributed by atoms with E-state index in [0.29, 0.717) is 37.5 Å². The minimum Gasteiger partial charge on any atom is -0.460 e. The average Bonchev–Trinajstić information content (AvgIpc) is 3.43. The van der Waals surface area contributed by atoms with Crippen LogP contribution in [0, 0.1) is 11.3 Å². The van der Waals surface area contributed by atoms with Gasteiger partial charge in [-0.15, -0.1) is 0 Å². The van der Waals surface area contributed by atoms with Crippen molar-refractivity contribution in [2.45, 2.75) is 139 Å². The third-order valence-electron chi connectivity index (χ3n) is 11.9. The molecule has 1 aromatic carbocycles. The number of rotatable bonds is 11. The number of carbonyl (C=O) groups excluding carboxylic acids is 4. The molecule has 2 aliphatic carbocycles. The molecule has 5 saturated heterocycles. The predicted molar refractivity (Wildman–Crippen MR) is 186 cm³/mol. The Bertz CT molecular complexity index is 1630. The summed E-state index contributed by atoms with van der Waals surface area (Å²) in [4.78, 5) is 63.3. The van der Waals surface area contributed by atoms with Gasteiger partial charge in [0.1, 0.15) is 48.3 Å². The van der Waals surface area contributed by atoms with Crippen molar-refractivity contribution in [1.82, 2.24) is 15.3 Å². The van der Waals surface area contributed by atoms with E-state index < -0.39 is 71.4 Å². The molecule has 11 atom stereocenters. The number of hydrogen-bond donors (Lipinski definition) is 2. The minimum atomic E-state index is -1.38. The molecule has 0 radical (unpaired) electrons. The van der Waals surface area contributed by atoms with Crippen molar-refractivity contribution in [2.75, 3.05) is 19.9 Å². The van der Waals surface area contributed by atoms with Gasteiger partial charge in [-0.3, -0.25) is 24.0 Å². The van der Waals surface area contributed by atoms with Crippen LogP contribution in [0.5, 0.6) is 0 Å². The van der Waals surface area contributed by atoms with Gasteiger partial charge in [0.2, 0.25) is 11.8 Å². The summed E-state index contributed by atoms with van der Waals surface area (Å²) >= 11 is 0. The van der Waals surface area contributed by atoms with E-state index in [4.69, 9.17) is 28.5 Å². The fraction of sp³-hybridized carbons (Fsp3) is 0.692. The number of nitrogens with one attached hydrogen (secondary N) is 1. The summed E-state index contributed by atoms with van der Waals surface area (Å²) in [6.45, 7) is 5.46. The van der Waals surface area contributed by atoms with Crippen molar-refractivity contribution in [3.05, 3.63) is 41.5 Å². The number of amides is 2. The Hall–Kier alpha value is -3.40. The SMILES string of the molecule is CC(C)(C)OC(=O)CCC(CO)NC(=O)C1CCCN1C(=O)C12CC3OC(=O)C1N(Cc1cccc(C=CC4CCC5OC5C4)c1)OC2C1OCOC31. The molecule has 5 aliphatic heterocycles. The van der Waals surface area contributed by atoms with E-state index in [2.05, 4.69) is 23.5 Å². The number of aliphatic hydroxyl groups excluding tert-OH is 1. The number of epoxide rings is 1. The lowest BCUT2D eigenvalue weighted by Gasteiger charge is -2.50. The Morgan fingerprint density at radius 2 is 1.94 bits per heavy atom. The number of ether oxygens (including phenoxy) is 5. The van der Waals surface area contributed by atoms with Crippen molar-refractivity contribution in [3.63, 3.8) is 0 Å². The third kappa shape index (κ3) is 7.14. The zero-order valence-corrected chi connectivity index (χ0v) is 30.6. The van der Waals surface area contributed by atoms with Crippen LogP contribution in [0.2, 0.25) is 0 Å². The first-order chi connectivity index (χ1) is 25.4. The summed E-state index contributed by atoms with van der Waals surface area (Å²) in [5.41, 5.74) is -0.103. The Morgan fingerprint density at radius 3 is 2.74 bits per heavy atom. The van der Waals surface area contributed by atoms with Crippen LogP contribution in [0.25, 0.3) is 6.08 Å². The third-order valence-corrected chi connectivity index (χ3v) is 11.9. The van der Waals surface area contributed by atoms with Gasteiger partial charge in [-0.1, -0.05) is 36.4 Å². The van der Waals surface area contributed by atoms with Crippen LogP contribution in [0.3, 0.4) is 0 Å². The van der Waals surface area contributed by atoms with E-state index in [1.807, 2.05) is 18.2 Å². The Balaban J connectivity index is 1.01. The van der Waals surface area contributed by atoms with Crippen molar-refractivity contribution in [1.29, 1.82) is 0 Å². The Morgan fingerprint density at radius 1 is 1.11 bits per heavy atom. The molecule has 7 aliphatic rings. The molecular formula is C39H51N3O11. The van der Waals surface area contributed by atoms with Crippen molar-refractivity contribution >= 4 is 29.8 Å². The molecule has 7 fully saturated rings. The number of carbonyl (C=O) groups is 4. The molecule has 1 aromatic rings. The van der Waals surface area contributed by atoms with Crippen LogP contribution in [-0.4, -0.2) is 119 Å². The highest BCUT2D eigenvalue weighted by Crippen LogP contribution is 2.56. The number of fused-ring (bicyclic) bond motifs is 5. The van der Waals surface area contributed by atoms with Gasteiger partial charge in [-0.25, -0.2) is 0 Å². The molecule has 2 saturated carbocycles. The summed E-state index contributed by atoms with van der Waals surface area (Å²) in [5.74, 6) is -1.30. The molecule has 5 heterocycles. The number of likely N-dealkylation sites (tertiary alicyclic amines) is 1. The molecule has 0 spiro atoms. The molecule has 288 valence electrons. The maximum absolute atomic E-state index is 15.1. The van der Waals surface area contributed by atoms with Gasteiger partial charge in [0.25, 0.3) is 0 Å². The second-order valence-corrected chi connectivity index (χ2v) is 16.7. The first kappa shape index (κ1) is 36.6. The van der Waals surface area contributed by atoms with Crippen LogP contribution < -0.4 is 5.32 Å². The number of hydrogen-bond acceptors (Lipinski definition) is 12. The second-order valence-electron chi connectivity index (χ2n) is 16.7. The first-order valence-corrected chi connectivity index (χ1v) is 19.2. The number of aliphatic hydroxyl groups is 1. The van der Waals surface area contributed by atoms with E-state index in [1.54, 1.807) is 30.7 Å². The van der Waals surface area contributed by atoms with Crippen molar-refractivity contribution < 1.29 is 52.8 Å². The molecule has 14 nitrogen and oxygen atoms in total. The monoisotopic (exact) mass is 737 g/mol. The molecule has 2 N–H and O–H groups in total. The van der Waals surface area contributed by atoms with E-state index in [9.17, 15) is 19.5 Å². The Labute approximate surface area is 309 Å². The highest BCUT2D eigenvalue weighted by atomic mass is 16.8. The molecular weight excluding hydrogens is 686 g/mol. The van der Waals surface area contributed by atoms with Gasteiger partial charge < -0.3 is 39.0 Å². The molecule has 2 amide bonds. The molecule has 8 rings (SSSR count). The molecule has 11 unspecified atom stereocenters. The average molecular weight is 738 g/mol. The summed E-state index contributed by atoms with van der Waals surface area (Å²) in [6, 6.07) is 5.43. The maximum Gasteiger partial charge on any atom is 0.327 e. The molecule has 0 aromatic heterocycles. The standard InChI is InChI=1S/C39H51N3O11/c1-38(2,3)52-30(44)14-12-25(20-43)40-35(45)26-8-5-15-41(26)37(47)39-18-29-31-32(49-21-48-31)34(39)53-42(33(39)36(46)51-29)19-24-7-4-6-22(16-24)9-10-23-11-13-27-28(17-23)50-27/h4,6-7,9-10,16,23,25-29,31-34,43H,5,8,11-15,17-21H2,1-3H3,(H,40,45). The van der Waals surface area contributed by atoms with Gasteiger partial charge in [0.05, 0.1) is 31.4 Å². The van der Waals surface area contributed by atoms with Gasteiger partial charge in [-0.2, -0.15) is 5.06 Å². The lowest BCUT2D eigenvalue weighted by Crippen LogP contribution is -2.70. The predicted octanol–water partition coefficient (Wildman–Crippen LogP) is 2.40. The van der Waals surface area contributed by atoms with Gasteiger partial charge in [-0.05, 0) is 76.3 Å². The highest BCUT2D eigenvalue weighted by Gasteiger charge is 2.75. The van der Waals surface area contributed by atoms with Crippen LogP contribution >= 0.6 is 0 Å². The van der Waals surface area contributed by atoms with Crippen LogP contribution in [0.15, 0.2) is 30.3 Å². The van der Waals surface area contributed by atoms with Crippen molar-refractivity contribution in [2.24, 2.45) is 11.3 Å². The normalized spacial score (nSPS) is 36.5.